The summed E-state index contributed by atoms with van der Waals surface area (Å²) in [7, 11) is -2.61. The number of nitrogens with zero attached hydrogens (tertiary/aromatic N) is 3. The van der Waals surface area contributed by atoms with E-state index >= 15 is 0 Å². The van der Waals surface area contributed by atoms with E-state index < -0.39 is 10.6 Å². The number of amides is 1. The lowest BCUT2D eigenvalue weighted by atomic mass is 10.0. The van der Waals surface area contributed by atoms with Crippen molar-refractivity contribution in [3.63, 3.8) is 0 Å². The Bertz CT molecular complexity index is 1710. The normalized spacial score (nSPS) is 17.4. The second-order valence-electron chi connectivity index (χ2n) is 10.1. The minimum absolute atomic E-state index is 0.183. The number of fused-ring (bicyclic) bond motifs is 1. The zero-order valence-corrected chi connectivity index (χ0v) is 22.5. The van der Waals surface area contributed by atoms with E-state index in [9.17, 15) is 18.3 Å². The first-order chi connectivity index (χ1) is 18.7. The van der Waals surface area contributed by atoms with Crippen molar-refractivity contribution in [2.45, 2.75) is 26.3 Å². The maximum Gasteiger partial charge on any atom is 0.251 e. The molecule has 1 amide bonds. The summed E-state index contributed by atoms with van der Waals surface area (Å²) in [6.07, 6.45) is 2.55. The highest BCUT2D eigenvalue weighted by molar-refractivity contribution is 8.24. The monoisotopic (exact) mass is 544 g/mol. The molecule has 1 fully saturated rings. The maximum atomic E-state index is 13.7. The third-order valence-corrected chi connectivity index (χ3v) is 9.01. The van der Waals surface area contributed by atoms with Crippen LogP contribution in [0.3, 0.4) is 0 Å². The molecule has 0 bridgehead atoms. The zero-order chi connectivity index (χ0) is 27.3. The number of hydrogen-bond donors (Lipinski definition) is 3. The van der Waals surface area contributed by atoms with Crippen LogP contribution < -0.4 is 5.32 Å². The molecule has 3 heterocycles. The molecule has 5 aromatic rings. The standard InChI is InChI=1S/C30H29FN4O3S/c1-19-14-20(2)35(33-19)26-5-3-4-21(15-26)28-17-34(25-9-7-23(31)8-10-25)29-16-22(6-11-27(28)29)30(36)32-24-12-13-39(37,38)18-24/h3-11,14-17,24,37-38H,12-13,18H2,1-2H3,(H,32,36). The number of aromatic nitrogens is 3. The van der Waals surface area contributed by atoms with Crippen LogP contribution in [-0.4, -0.2) is 46.9 Å². The predicted molar refractivity (Wildman–Crippen MR) is 154 cm³/mol. The smallest absolute Gasteiger partial charge is 0.251 e. The second-order valence-corrected chi connectivity index (χ2v) is 12.5. The number of nitrogens with one attached hydrogen (secondary N) is 1. The topological polar surface area (TPSA) is 92.3 Å². The van der Waals surface area contributed by atoms with Crippen LogP contribution in [0.1, 0.15) is 28.2 Å². The molecule has 9 heteroatoms. The molecule has 1 unspecified atom stereocenters. The van der Waals surface area contributed by atoms with Crippen molar-refractivity contribution in [3.05, 3.63) is 102 Å². The Balaban J connectivity index is 1.44. The average molecular weight is 545 g/mol. The van der Waals surface area contributed by atoms with Gasteiger partial charge in [0.05, 0.1) is 22.7 Å². The lowest BCUT2D eigenvalue weighted by molar-refractivity contribution is 0.0941. The first-order valence-corrected chi connectivity index (χ1v) is 14.6. The third-order valence-electron chi connectivity index (χ3n) is 7.18. The van der Waals surface area contributed by atoms with Crippen molar-refractivity contribution >= 4 is 27.4 Å². The van der Waals surface area contributed by atoms with Crippen LogP contribution in [0.25, 0.3) is 33.4 Å². The van der Waals surface area contributed by atoms with E-state index in [0.717, 1.165) is 44.8 Å². The number of carbonyl (C=O) groups excluding carboxylic acids is 1. The Hall–Kier alpha value is -3.92. The molecule has 0 aliphatic carbocycles. The van der Waals surface area contributed by atoms with Crippen LogP contribution in [0.15, 0.2) is 79.0 Å². The van der Waals surface area contributed by atoms with E-state index in [1.807, 2.05) is 65.7 Å². The summed E-state index contributed by atoms with van der Waals surface area (Å²) < 4.78 is 37.5. The summed E-state index contributed by atoms with van der Waals surface area (Å²) in [5, 5.41) is 8.51. The van der Waals surface area contributed by atoms with E-state index in [1.54, 1.807) is 18.2 Å². The molecule has 0 spiro atoms. The van der Waals surface area contributed by atoms with Gasteiger partial charge in [-0.15, -0.1) is 0 Å². The number of aryl methyl sites for hydroxylation is 2. The van der Waals surface area contributed by atoms with Crippen molar-refractivity contribution in [2.24, 2.45) is 0 Å². The lowest BCUT2D eigenvalue weighted by Gasteiger charge is -2.26. The van der Waals surface area contributed by atoms with E-state index in [1.165, 1.54) is 12.1 Å². The molecule has 1 atom stereocenters. The molecule has 1 saturated heterocycles. The number of carbonyl (C=O) groups is 1. The number of hydrogen-bond acceptors (Lipinski definition) is 4. The molecular formula is C30H29FN4O3S. The molecule has 39 heavy (non-hydrogen) atoms. The summed E-state index contributed by atoms with van der Waals surface area (Å²) in [6, 6.07) is 21.7. The van der Waals surface area contributed by atoms with Crippen LogP contribution in [0.4, 0.5) is 4.39 Å². The third kappa shape index (κ3) is 4.96. The highest BCUT2D eigenvalue weighted by atomic mass is 32.3. The predicted octanol–water partition coefficient (Wildman–Crippen LogP) is 6.49. The highest BCUT2D eigenvalue weighted by Crippen LogP contribution is 2.45. The second kappa shape index (κ2) is 9.68. The number of halogens is 1. The fourth-order valence-electron chi connectivity index (χ4n) is 5.31. The highest BCUT2D eigenvalue weighted by Gasteiger charge is 2.29. The molecular weight excluding hydrogens is 515 g/mol. The molecule has 200 valence electrons. The molecule has 3 aromatic carbocycles. The quantitative estimate of drug-likeness (QED) is 0.236. The van der Waals surface area contributed by atoms with Gasteiger partial charge in [0.15, 0.2) is 0 Å². The molecule has 6 rings (SSSR count). The van der Waals surface area contributed by atoms with E-state index in [4.69, 9.17) is 0 Å². The molecule has 1 aliphatic heterocycles. The van der Waals surface area contributed by atoms with Gasteiger partial charge in [0.1, 0.15) is 5.82 Å². The Morgan fingerprint density at radius 2 is 1.82 bits per heavy atom. The van der Waals surface area contributed by atoms with Gasteiger partial charge < -0.3 is 9.88 Å². The van der Waals surface area contributed by atoms with Crippen LogP contribution in [0.5, 0.6) is 0 Å². The minimum atomic E-state index is -2.61. The van der Waals surface area contributed by atoms with Crippen molar-refractivity contribution in [1.29, 1.82) is 0 Å². The first-order valence-electron chi connectivity index (χ1n) is 12.8. The Morgan fingerprint density at radius 3 is 2.51 bits per heavy atom. The van der Waals surface area contributed by atoms with Gasteiger partial charge in [-0.05, 0) is 80.4 Å². The SMILES string of the molecule is Cc1cc(C)n(-c2cccc(-c3cn(-c4ccc(F)cc4)c4cc(C(=O)NC5CCS(O)(O)C5)ccc34)c2)n1. The van der Waals surface area contributed by atoms with E-state index in [-0.39, 0.29) is 23.5 Å². The van der Waals surface area contributed by atoms with Crippen LogP contribution in [-0.2, 0) is 0 Å². The Labute approximate surface area is 227 Å². The summed E-state index contributed by atoms with van der Waals surface area (Å²) in [4.78, 5) is 13.1. The Kier molecular flexibility index (Phi) is 6.29. The van der Waals surface area contributed by atoms with E-state index in [0.29, 0.717) is 17.7 Å². The van der Waals surface area contributed by atoms with Gasteiger partial charge in [-0.25, -0.2) is 9.07 Å². The molecule has 3 N–H and O–H groups in total. The fraction of sp³-hybridized carbons (Fsp3) is 0.200. The molecule has 0 radical (unpaired) electrons. The fourth-order valence-corrected chi connectivity index (χ4v) is 7.03. The first kappa shape index (κ1) is 25.4. The molecule has 0 saturated carbocycles. The van der Waals surface area contributed by atoms with Gasteiger partial charge in [-0.1, -0.05) is 18.2 Å². The maximum absolute atomic E-state index is 13.7. The summed E-state index contributed by atoms with van der Waals surface area (Å²) >= 11 is 0. The van der Waals surface area contributed by atoms with Crippen molar-refractivity contribution in [2.75, 3.05) is 11.5 Å². The van der Waals surface area contributed by atoms with Crippen molar-refractivity contribution < 1.29 is 18.3 Å². The molecule has 2 aromatic heterocycles. The van der Waals surface area contributed by atoms with Gasteiger partial charge in [0, 0.05) is 45.9 Å². The van der Waals surface area contributed by atoms with E-state index in [2.05, 4.69) is 16.5 Å². The van der Waals surface area contributed by atoms with Crippen LogP contribution in [0, 0.1) is 19.7 Å². The minimum Gasteiger partial charge on any atom is -0.348 e. The summed E-state index contributed by atoms with van der Waals surface area (Å²) in [6.45, 7) is 3.99. The lowest BCUT2D eigenvalue weighted by Crippen LogP contribution is -2.35. The number of rotatable bonds is 5. The zero-order valence-electron chi connectivity index (χ0n) is 21.6. The van der Waals surface area contributed by atoms with Gasteiger partial charge in [-0.3, -0.25) is 13.9 Å². The largest absolute Gasteiger partial charge is 0.348 e. The average Bonchev–Trinajstić information content (AvgIpc) is 3.57. The summed E-state index contributed by atoms with van der Waals surface area (Å²) in [5.41, 5.74) is 6.92. The van der Waals surface area contributed by atoms with Crippen LogP contribution in [0.2, 0.25) is 0 Å². The Morgan fingerprint density at radius 1 is 1.03 bits per heavy atom. The van der Waals surface area contributed by atoms with Crippen molar-refractivity contribution in [3.8, 4) is 22.5 Å². The molecule has 7 nitrogen and oxygen atoms in total. The van der Waals surface area contributed by atoms with Gasteiger partial charge in [0.25, 0.3) is 5.91 Å². The summed E-state index contributed by atoms with van der Waals surface area (Å²) in [5.74, 6) is -0.0952. The van der Waals surface area contributed by atoms with Crippen molar-refractivity contribution in [1.82, 2.24) is 19.7 Å². The van der Waals surface area contributed by atoms with Gasteiger partial charge >= 0.3 is 0 Å². The number of benzene rings is 3. The van der Waals surface area contributed by atoms with Gasteiger partial charge in [0.2, 0.25) is 0 Å². The van der Waals surface area contributed by atoms with Gasteiger partial charge in [-0.2, -0.15) is 15.7 Å². The van der Waals surface area contributed by atoms with Crippen LogP contribution >= 0.6 is 10.6 Å². The molecule has 1 aliphatic rings.